The summed E-state index contributed by atoms with van der Waals surface area (Å²) in [5, 5.41) is 8.10. The molecular weight excluding hydrogens is 386 g/mol. The van der Waals surface area contributed by atoms with Crippen LogP contribution in [0.25, 0.3) is 0 Å². The molecule has 2 N–H and O–H groups in total. The van der Waals surface area contributed by atoms with Crippen LogP contribution in [-0.4, -0.2) is 29.3 Å². The van der Waals surface area contributed by atoms with Gasteiger partial charge in [-0.15, -0.1) is 11.3 Å². The van der Waals surface area contributed by atoms with Gasteiger partial charge in [0.2, 0.25) is 5.91 Å². The van der Waals surface area contributed by atoms with Crippen molar-refractivity contribution >= 4 is 40.8 Å². The van der Waals surface area contributed by atoms with Crippen LogP contribution in [0.15, 0.2) is 35.7 Å². The quantitative estimate of drug-likeness (QED) is 0.770. The van der Waals surface area contributed by atoms with Gasteiger partial charge in [-0.3, -0.25) is 14.5 Å². The van der Waals surface area contributed by atoms with Crippen molar-refractivity contribution in [2.45, 2.75) is 31.3 Å². The number of fused-ring (bicyclic) bond motifs is 2. The van der Waals surface area contributed by atoms with E-state index in [9.17, 15) is 14.4 Å². The molecule has 8 heteroatoms. The molecule has 0 radical (unpaired) electrons. The molecule has 0 saturated carbocycles. The number of halogens is 1. The molecule has 2 aromatic rings. The van der Waals surface area contributed by atoms with Gasteiger partial charge in [-0.1, -0.05) is 23.7 Å². The lowest BCUT2D eigenvalue weighted by Gasteiger charge is -2.31. The van der Waals surface area contributed by atoms with E-state index in [1.165, 1.54) is 0 Å². The van der Waals surface area contributed by atoms with E-state index in [0.29, 0.717) is 11.4 Å². The number of imide groups is 1. The van der Waals surface area contributed by atoms with Gasteiger partial charge in [-0.25, -0.2) is 4.79 Å². The van der Waals surface area contributed by atoms with Crippen molar-refractivity contribution in [1.82, 2.24) is 15.5 Å². The second kappa shape index (κ2) is 6.98. The van der Waals surface area contributed by atoms with Crippen LogP contribution in [0, 0.1) is 0 Å². The zero-order valence-electron chi connectivity index (χ0n) is 14.5. The van der Waals surface area contributed by atoms with Crippen molar-refractivity contribution in [2.75, 3.05) is 6.54 Å². The van der Waals surface area contributed by atoms with Crippen molar-refractivity contribution in [1.29, 1.82) is 0 Å². The summed E-state index contributed by atoms with van der Waals surface area (Å²) < 4.78 is 0. The number of urea groups is 1. The number of aryl methyl sites for hydroxylation is 1. The fraction of sp³-hybridized carbons (Fsp3) is 0.316. The first-order valence-corrected chi connectivity index (χ1v) is 9.97. The lowest BCUT2D eigenvalue weighted by Crippen LogP contribution is -2.46. The number of hydrogen-bond donors (Lipinski definition) is 2. The van der Waals surface area contributed by atoms with E-state index >= 15 is 0 Å². The average Bonchev–Trinajstić information content (AvgIpc) is 3.21. The zero-order valence-corrected chi connectivity index (χ0v) is 16.0. The van der Waals surface area contributed by atoms with Gasteiger partial charge >= 0.3 is 6.03 Å². The minimum atomic E-state index is -1.02. The Morgan fingerprint density at radius 3 is 3.00 bits per heavy atom. The SMILES string of the molecule is O=C(CN1C(=O)N[C@]2(CCCc3sccc32)C1=O)NCc1cccc(Cl)c1. The number of nitrogens with zero attached hydrogens (tertiary/aromatic N) is 1. The molecule has 4 rings (SSSR count). The Morgan fingerprint density at radius 1 is 1.33 bits per heavy atom. The number of rotatable bonds is 4. The predicted octanol–water partition coefficient (Wildman–Crippen LogP) is 2.80. The molecule has 1 saturated heterocycles. The van der Waals surface area contributed by atoms with Gasteiger partial charge in [0.05, 0.1) is 0 Å². The number of carbonyl (C=O) groups excluding carboxylic acids is 3. The van der Waals surface area contributed by atoms with E-state index in [1.54, 1.807) is 29.5 Å². The molecular formula is C19H18ClN3O3S. The number of carbonyl (C=O) groups is 3. The molecule has 1 aromatic carbocycles. The van der Waals surface area contributed by atoms with Gasteiger partial charge in [0, 0.05) is 22.0 Å². The maximum absolute atomic E-state index is 13.1. The maximum atomic E-state index is 13.1. The fourth-order valence-corrected chi connectivity index (χ4v) is 4.94. The second-order valence-corrected chi connectivity index (χ2v) is 8.18. The van der Waals surface area contributed by atoms with Crippen molar-refractivity contribution in [3.8, 4) is 0 Å². The number of nitrogens with one attached hydrogen (secondary N) is 2. The van der Waals surface area contributed by atoms with Crippen molar-refractivity contribution in [3.05, 3.63) is 56.7 Å². The van der Waals surface area contributed by atoms with Gasteiger partial charge in [0.25, 0.3) is 5.91 Å². The largest absolute Gasteiger partial charge is 0.350 e. The fourth-order valence-electron chi connectivity index (χ4n) is 3.73. The first-order chi connectivity index (χ1) is 13.0. The Bertz CT molecular complexity index is 928. The first kappa shape index (κ1) is 18.0. The summed E-state index contributed by atoms with van der Waals surface area (Å²) in [6.07, 6.45) is 2.30. The number of thiophene rings is 1. The molecule has 27 heavy (non-hydrogen) atoms. The van der Waals surface area contributed by atoms with Crippen molar-refractivity contribution in [3.63, 3.8) is 0 Å². The first-order valence-electron chi connectivity index (χ1n) is 8.72. The molecule has 2 heterocycles. The van der Waals surface area contributed by atoms with E-state index in [2.05, 4.69) is 10.6 Å². The Labute approximate surface area is 165 Å². The summed E-state index contributed by atoms with van der Waals surface area (Å²) in [5.41, 5.74) is 0.705. The van der Waals surface area contributed by atoms with Gasteiger partial charge in [-0.05, 0) is 48.4 Å². The van der Waals surface area contributed by atoms with E-state index in [0.717, 1.165) is 33.7 Å². The topological polar surface area (TPSA) is 78.5 Å². The standard InChI is InChI=1S/C19H18ClN3O3S/c20-13-4-1-3-12(9-13)10-21-16(24)11-23-17(25)19(22-18(23)26)7-2-5-15-14(19)6-8-27-15/h1,3-4,6,8-9H,2,5,7,10-11H2,(H,21,24)(H,22,26)/t19-/m0/s1. The highest BCUT2D eigenvalue weighted by Gasteiger charge is 2.54. The van der Waals surface area contributed by atoms with E-state index in [-0.39, 0.29) is 19.0 Å². The molecule has 1 aliphatic heterocycles. The molecule has 140 valence electrons. The molecule has 1 aromatic heterocycles. The van der Waals surface area contributed by atoms with Gasteiger partial charge in [0.15, 0.2) is 0 Å². The number of benzene rings is 1. The third-order valence-corrected chi connectivity index (χ3v) is 6.23. The second-order valence-electron chi connectivity index (χ2n) is 6.74. The summed E-state index contributed by atoms with van der Waals surface area (Å²) in [6, 6.07) is 8.53. The van der Waals surface area contributed by atoms with E-state index < -0.39 is 17.5 Å². The van der Waals surface area contributed by atoms with Crippen LogP contribution in [0.5, 0.6) is 0 Å². The van der Waals surface area contributed by atoms with Crippen LogP contribution in [0.3, 0.4) is 0 Å². The van der Waals surface area contributed by atoms with Crippen LogP contribution in [0.1, 0.15) is 28.8 Å². The summed E-state index contributed by atoms with van der Waals surface area (Å²) in [5.74, 6) is -0.735. The Kier molecular flexibility index (Phi) is 4.65. The highest BCUT2D eigenvalue weighted by Crippen LogP contribution is 2.41. The van der Waals surface area contributed by atoms with Crippen LogP contribution in [-0.2, 0) is 28.1 Å². The van der Waals surface area contributed by atoms with Crippen LogP contribution < -0.4 is 10.6 Å². The molecule has 2 aliphatic rings. The Balaban J connectivity index is 1.45. The molecule has 0 bridgehead atoms. The molecule has 1 spiro atoms. The maximum Gasteiger partial charge on any atom is 0.325 e. The lowest BCUT2D eigenvalue weighted by atomic mass is 9.80. The minimum Gasteiger partial charge on any atom is -0.350 e. The summed E-state index contributed by atoms with van der Waals surface area (Å²) in [6.45, 7) is -0.0185. The minimum absolute atomic E-state index is 0.281. The molecule has 0 unspecified atom stereocenters. The van der Waals surface area contributed by atoms with Crippen LogP contribution in [0.2, 0.25) is 5.02 Å². The third kappa shape index (κ3) is 3.21. The monoisotopic (exact) mass is 403 g/mol. The van der Waals surface area contributed by atoms with Crippen LogP contribution >= 0.6 is 22.9 Å². The summed E-state index contributed by atoms with van der Waals surface area (Å²) >= 11 is 7.53. The van der Waals surface area contributed by atoms with Crippen LogP contribution in [0.4, 0.5) is 4.79 Å². The Hall–Kier alpha value is -2.38. The molecule has 6 nitrogen and oxygen atoms in total. The zero-order chi connectivity index (χ0) is 19.0. The Morgan fingerprint density at radius 2 is 2.19 bits per heavy atom. The summed E-state index contributed by atoms with van der Waals surface area (Å²) in [7, 11) is 0. The van der Waals surface area contributed by atoms with Gasteiger partial charge in [0.1, 0.15) is 12.1 Å². The number of hydrogen-bond acceptors (Lipinski definition) is 4. The third-order valence-electron chi connectivity index (χ3n) is 5.02. The predicted molar refractivity (Wildman–Crippen MR) is 102 cm³/mol. The molecule has 4 amide bonds. The van der Waals surface area contributed by atoms with Gasteiger partial charge < -0.3 is 10.6 Å². The molecule has 1 fully saturated rings. The smallest absolute Gasteiger partial charge is 0.325 e. The van der Waals surface area contributed by atoms with E-state index in [1.807, 2.05) is 17.5 Å². The van der Waals surface area contributed by atoms with Crippen molar-refractivity contribution in [2.24, 2.45) is 0 Å². The van der Waals surface area contributed by atoms with Crippen molar-refractivity contribution < 1.29 is 14.4 Å². The normalized spacial score (nSPS) is 21.3. The molecule has 1 atom stereocenters. The van der Waals surface area contributed by atoms with E-state index in [4.69, 9.17) is 11.6 Å². The lowest BCUT2D eigenvalue weighted by molar-refractivity contribution is -0.135. The molecule has 1 aliphatic carbocycles. The summed E-state index contributed by atoms with van der Waals surface area (Å²) in [4.78, 5) is 39.9. The number of amides is 4. The highest BCUT2D eigenvalue weighted by molar-refractivity contribution is 7.10. The highest BCUT2D eigenvalue weighted by atomic mass is 35.5. The average molecular weight is 404 g/mol. The van der Waals surface area contributed by atoms with Gasteiger partial charge in [-0.2, -0.15) is 0 Å².